The van der Waals surface area contributed by atoms with Crippen molar-refractivity contribution in [2.75, 3.05) is 19.6 Å². The smallest absolute Gasteiger partial charge is 0.234 e. The normalized spacial score (nSPS) is 21.2. The average Bonchev–Trinajstić information content (AvgIpc) is 3.38. The summed E-state index contributed by atoms with van der Waals surface area (Å²) >= 11 is 0. The molecule has 0 spiro atoms. The summed E-state index contributed by atoms with van der Waals surface area (Å²) in [5.74, 6) is 2.37. The fraction of sp³-hybridized carbons (Fsp3) is 0.556. The molecule has 1 aliphatic heterocycles. The number of piperidine rings is 1. The highest BCUT2D eigenvalue weighted by molar-refractivity contribution is 5.77. The Morgan fingerprint density at radius 3 is 3.00 bits per heavy atom. The maximum Gasteiger partial charge on any atom is 0.234 e. The molecular weight excluding hydrogens is 318 g/mol. The molecule has 0 unspecified atom stereocenters. The Balaban J connectivity index is 1.27. The van der Waals surface area contributed by atoms with Crippen molar-refractivity contribution in [3.05, 3.63) is 41.8 Å². The minimum Gasteiger partial charge on any atom is -0.349 e. The van der Waals surface area contributed by atoms with Crippen LogP contribution in [0.2, 0.25) is 0 Å². The first-order chi connectivity index (χ1) is 12.3. The Hall–Kier alpha value is -2.28. The van der Waals surface area contributed by atoms with E-state index in [0.29, 0.717) is 19.0 Å². The van der Waals surface area contributed by atoms with Crippen molar-refractivity contribution >= 4 is 5.91 Å². The molecule has 1 atom stereocenters. The summed E-state index contributed by atoms with van der Waals surface area (Å²) in [4.78, 5) is 23.2. The van der Waals surface area contributed by atoms with E-state index < -0.39 is 0 Å². The first kappa shape index (κ1) is 16.2. The number of aromatic nitrogens is 3. The van der Waals surface area contributed by atoms with Crippen molar-refractivity contribution < 1.29 is 9.32 Å². The van der Waals surface area contributed by atoms with E-state index in [4.69, 9.17) is 4.52 Å². The van der Waals surface area contributed by atoms with Crippen molar-refractivity contribution in [3.63, 3.8) is 0 Å². The number of amides is 1. The number of hydrogen-bond acceptors (Lipinski definition) is 6. The zero-order chi connectivity index (χ0) is 17.1. The molecule has 7 heteroatoms. The highest BCUT2D eigenvalue weighted by Crippen LogP contribution is 2.39. The number of pyridine rings is 1. The van der Waals surface area contributed by atoms with Gasteiger partial charge in [-0.2, -0.15) is 4.98 Å². The van der Waals surface area contributed by atoms with E-state index in [0.717, 1.165) is 56.2 Å². The molecule has 1 saturated carbocycles. The van der Waals surface area contributed by atoms with Gasteiger partial charge in [0.1, 0.15) is 0 Å². The van der Waals surface area contributed by atoms with E-state index in [1.54, 1.807) is 6.20 Å². The summed E-state index contributed by atoms with van der Waals surface area (Å²) in [7, 11) is 0. The number of rotatable bonds is 6. The third-order valence-electron chi connectivity index (χ3n) is 4.81. The summed E-state index contributed by atoms with van der Waals surface area (Å²) < 4.78 is 5.38. The molecule has 0 radical (unpaired) electrons. The molecule has 2 fully saturated rings. The van der Waals surface area contributed by atoms with Crippen molar-refractivity contribution in [1.82, 2.24) is 25.3 Å². The van der Waals surface area contributed by atoms with E-state index in [-0.39, 0.29) is 11.8 Å². The summed E-state index contributed by atoms with van der Waals surface area (Å²) in [5, 5.41) is 7.10. The fourth-order valence-electron chi connectivity index (χ4n) is 3.27. The van der Waals surface area contributed by atoms with Crippen LogP contribution >= 0.6 is 0 Å². The molecule has 132 valence electrons. The molecule has 2 aromatic heterocycles. The van der Waals surface area contributed by atoms with Crippen LogP contribution in [0.5, 0.6) is 0 Å². The number of nitrogens with zero attached hydrogens (tertiary/aromatic N) is 4. The molecule has 1 amide bonds. The van der Waals surface area contributed by atoms with Crippen LogP contribution in [0.1, 0.15) is 54.9 Å². The first-order valence-corrected chi connectivity index (χ1v) is 9.00. The van der Waals surface area contributed by atoms with Crippen LogP contribution in [0, 0.1) is 0 Å². The summed E-state index contributed by atoms with van der Waals surface area (Å²) in [6.07, 6.45) is 6.16. The second kappa shape index (κ2) is 7.31. The van der Waals surface area contributed by atoms with Crippen LogP contribution in [0.4, 0.5) is 0 Å². The predicted molar refractivity (Wildman–Crippen MR) is 90.8 cm³/mol. The summed E-state index contributed by atoms with van der Waals surface area (Å²) in [6.45, 7) is 2.60. The molecule has 2 aliphatic rings. The standard InChI is InChI=1S/C18H23N5O2/c24-16(20-10-15-5-1-2-8-19-15)12-23-9-3-4-14(11-23)17-21-18(25-22-17)13-6-7-13/h1-2,5,8,13-14H,3-4,6-7,9-12H2,(H,20,24)/t14-/m1/s1. The van der Waals surface area contributed by atoms with Gasteiger partial charge in [-0.05, 0) is 44.4 Å². The number of hydrogen-bond donors (Lipinski definition) is 1. The number of carbonyl (C=O) groups excluding carboxylic acids is 1. The van der Waals surface area contributed by atoms with Gasteiger partial charge in [0.2, 0.25) is 11.8 Å². The van der Waals surface area contributed by atoms with Gasteiger partial charge in [-0.15, -0.1) is 0 Å². The van der Waals surface area contributed by atoms with E-state index in [9.17, 15) is 4.79 Å². The minimum absolute atomic E-state index is 0.0260. The molecule has 3 heterocycles. The Kier molecular flexibility index (Phi) is 4.74. The van der Waals surface area contributed by atoms with E-state index in [1.165, 1.54) is 0 Å². The number of likely N-dealkylation sites (tertiary alicyclic amines) is 1. The third-order valence-corrected chi connectivity index (χ3v) is 4.81. The molecule has 0 aromatic carbocycles. The minimum atomic E-state index is 0.0260. The highest BCUT2D eigenvalue weighted by Gasteiger charge is 2.32. The highest BCUT2D eigenvalue weighted by atomic mass is 16.5. The maximum absolute atomic E-state index is 12.2. The SMILES string of the molecule is O=C(CN1CCC[C@@H](c2noc(C3CC3)n2)C1)NCc1ccccn1. The van der Waals surface area contributed by atoms with Gasteiger partial charge in [0.05, 0.1) is 18.8 Å². The van der Waals surface area contributed by atoms with Gasteiger partial charge >= 0.3 is 0 Å². The van der Waals surface area contributed by atoms with Gasteiger partial charge < -0.3 is 9.84 Å². The van der Waals surface area contributed by atoms with Gasteiger partial charge in [-0.1, -0.05) is 11.2 Å². The van der Waals surface area contributed by atoms with E-state index >= 15 is 0 Å². The molecule has 0 bridgehead atoms. The van der Waals surface area contributed by atoms with Crippen LogP contribution in [0.15, 0.2) is 28.9 Å². The molecule has 7 nitrogen and oxygen atoms in total. The van der Waals surface area contributed by atoms with Gasteiger partial charge in [0, 0.05) is 24.6 Å². The van der Waals surface area contributed by atoms with Crippen molar-refractivity contribution in [3.8, 4) is 0 Å². The zero-order valence-electron chi connectivity index (χ0n) is 14.2. The number of nitrogens with one attached hydrogen (secondary N) is 1. The average molecular weight is 341 g/mol. The molecule has 1 N–H and O–H groups in total. The zero-order valence-corrected chi connectivity index (χ0v) is 14.2. The lowest BCUT2D eigenvalue weighted by Gasteiger charge is -2.30. The van der Waals surface area contributed by atoms with Gasteiger partial charge in [-0.3, -0.25) is 14.7 Å². The molecular formula is C18H23N5O2. The summed E-state index contributed by atoms with van der Waals surface area (Å²) in [6, 6.07) is 5.70. The van der Waals surface area contributed by atoms with Gasteiger partial charge in [0.15, 0.2) is 5.82 Å². The van der Waals surface area contributed by atoms with Crippen LogP contribution < -0.4 is 5.32 Å². The van der Waals surface area contributed by atoms with Gasteiger partial charge in [0.25, 0.3) is 0 Å². The topological polar surface area (TPSA) is 84.2 Å². The molecule has 1 saturated heterocycles. The lowest BCUT2D eigenvalue weighted by molar-refractivity contribution is -0.122. The molecule has 25 heavy (non-hydrogen) atoms. The fourth-order valence-corrected chi connectivity index (χ4v) is 3.27. The third kappa shape index (κ3) is 4.22. The summed E-state index contributed by atoms with van der Waals surface area (Å²) in [5.41, 5.74) is 0.867. The second-order valence-corrected chi connectivity index (χ2v) is 6.94. The predicted octanol–water partition coefficient (Wildman–Crippen LogP) is 1.84. The Morgan fingerprint density at radius 1 is 1.28 bits per heavy atom. The van der Waals surface area contributed by atoms with E-state index in [1.807, 2.05) is 18.2 Å². The van der Waals surface area contributed by atoms with Gasteiger partial charge in [-0.25, -0.2) is 0 Å². The second-order valence-electron chi connectivity index (χ2n) is 6.94. The van der Waals surface area contributed by atoms with Crippen LogP contribution in [0.3, 0.4) is 0 Å². The molecule has 4 rings (SSSR count). The maximum atomic E-state index is 12.2. The van der Waals surface area contributed by atoms with Crippen LogP contribution in [-0.4, -0.2) is 45.6 Å². The van der Waals surface area contributed by atoms with E-state index in [2.05, 4.69) is 25.3 Å². The Morgan fingerprint density at radius 2 is 2.20 bits per heavy atom. The van der Waals surface area contributed by atoms with Crippen LogP contribution in [0.25, 0.3) is 0 Å². The lowest BCUT2D eigenvalue weighted by atomic mass is 9.97. The monoisotopic (exact) mass is 341 g/mol. The molecule has 1 aliphatic carbocycles. The largest absolute Gasteiger partial charge is 0.349 e. The first-order valence-electron chi connectivity index (χ1n) is 9.00. The quantitative estimate of drug-likeness (QED) is 0.863. The lowest BCUT2D eigenvalue weighted by Crippen LogP contribution is -2.42. The van der Waals surface area contributed by atoms with Crippen molar-refractivity contribution in [2.45, 2.75) is 44.1 Å². The Bertz CT molecular complexity index is 713. The van der Waals surface area contributed by atoms with Crippen LogP contribution in [-0.2, 0) is 11.3 Å². The van der Waals surface area contributed by atoms with Crippen molar-refractivity contribution in [1.29, 1.82) is 0 Å². The number of carbonyl (C=O) groups is 1. The molecule has 2 aromatic rings. The van der Waals surface area contributed by atoms with Crippen molar-refractivity contribution in [2.24, 2.45) is 0 Å². The Labute approximate surface area is 146 Å².